The number of nitrogens with zero attached hydrogens (tertiary/aromatic N) is 4. The second-order valence-corrected chi connectivity index (χ2v) is 15.3. The molecule has 2 aromatic heterocycles. The Morgan fingerprint density at radius 1 is 0.483 bits per heavy atom. The molecule has 4 nitrogen and oxygen atoms in total. The zero-order valence-corrected chi connectivity index (χ0v) is 32.0. The summed E-state index contributed by atoms with van der Waals surface area (Å²) in [6.45, 7) is 0. The molecule has 2 atom stereocenters. The van der Waals surface area contributed by atoms with Crippen molar-refractivity contribution in [1.29, 1.82) is 0 Å². The molecule has 1 aliphatic heterocycles. The van der Waals surface area contributed by atoms with E-state index in [4.69, 9.17) is 9.97 Å². The third-order valence-corrected chi connectivity index (χ3v) is 11.8. The quantitative estimate of drug-likeness (QED) is 0.159. The molecule has 0 saturated heterocycles. The Morgan fingerprint density at radius 2 is 1.09 bits per heavy atom. The van der Waals surface area contributed by atoms with E-state index in [0.717, 1.165) is 46.5 Å². The fraction of sp³-hybridized carbons (Fsp3) is 0.0741. The Bertz CT molecular complexity index is 2890. The molecule has 4 heteroatoms. The van der Waals surface area contributed by atoms with Gasteiger partial charge in [0.25, 0.3) is 0 Å². The summed E-state index contributed by atoms with van der Waals surface area (Å²) < 4.78 is 2.54. The van der Waals surface area contributed by atoms with Crippen molar-refractivity contribution >= 4 is 22.3 Å². The number of para-hydroxylation sites is 3. The lowest BCUT2D eigenvalue weighted by molar-refractivity contribution is 0.526. The number of hydrogen-bond acceptors (Lipinski definition) is 3. The molecule has 11 rings (SSSR count). The Hall–Kier alpha value is -7.30. The van der Waals surface area contributed by atoms with Crippen molar-refractivity contribution in [3.05, 3.63) is 212 Å². The summed E-state index contributed by atoms with van der Waals surface area (Å²) >= 11 is 0. The van der Waals surface area contributed by atoms with Crippen LogP contribution >= 0.6 is 0 Å². The highest BCUT2D eigenvalue weighted by Crippen LogP contribution is 2.53. The first-order valence-electron chi connectivity index (χ1n) is 20.2. The lowest BCUT2D eigenvalue weighted by atomic mass is 9.85. The topological polar surface area (TPSA) is 34.0 Å². The molecule has 7 aromatic carbocycles. The molecule has 2 unspecified atom stereocenters. The number of anilines is 2. The van der Waals surface area contributed by atoms with Gasteiger partial charge in [-0.1, -0.05) is 152 Å². The van der Waals surface area contributed by atoms with Gasteiger partial charge < -0.3 is 9.47 Å². The lowest BCUT2D eigenvalue weighted by Crippen LogP contribution is -2.37. The van der Waals surface area contributed by atoms with Crippen molar-refractivity contribution in [2.75, 3.05) is 4.90 Å². The Kier molecular flexibility index (Phi) is 8.40. The Labute approximate surface area is 339 Å². The highest BCUT2D eigenvalue weighted by atomic mass is 15.2. The van der Waals surface area contributed by atoms with E-state index in [1.54, 1.807) is 0 Å². The first-order chi connectivity index (χ1) is 28.8. The van der Waals surface area contributed by atoms with E-state index >= 15 is 0 Å². The maximum Gasteiger partial charge on any atom is 0.160 e. The third kappa shape index (κ3) is 5.84. The highest BCUT2D eigenvalue weighted by Gasteiger charge is 2.39. The van der Waals surface area contributed by atoms with Crippen LogP contribution in [0.1, 0.15) is 24.5 Å². The SMILES string of the molecule is C1=CC2c3c(c4cc(-c5cccc(-c6cc(-c7ccccc7)nc(-c7ccccc7)n6)c5)ccc4n3-c3ccccc3)-c3ccccc3N(c3ccccc3)C2CC1. The van der Waals surface area contributed by atoms with Crippen molar-refractivity contribution in [3.63, 3.8) is 0 Å². The number of aromatic nitrogens is 3. The van der Waals surface area contributed by atoms with Gasteiger partial charge in [-0.3, -0.25) is 0 Å². The summed E-state index contributed by atoms with van der Waals surface area (Å²) in [4.78, 5) is 12.8. The second kappa shape index (κ2) is 14.3. The Balaban J connectivity index is 1.12. The standard InChI is InChI=1S/C54H40N4/c1-5-18-37(19-6-1)47-36-48(56-54(55-47)38-20-7-2-8-21-38)41-23-17-22-39(34-41)40-32-33-51-46(35-40)52-44-28-13-15-30-49(44)57(42-24-9-3-10-25-42)50-31-16-14-29-45(50)53(52)58(51)43-26-11-4-12-27-43/h1-15,17-30,32-36,45,50H,16,31H2. The maximum atomic E-state index is 5.16. The van der Waals surface area contributed by atoms with E-state index in [9.17, 15) is 0 Å². The van der Waals surface area contributed by atoms with Crippen LogP contribution in [0.2, 0.25) is 0 Å². The van der Waals surface area contributed by atoms with Gasteiger partial charge in [0.1, 0.15) is 0 Å². The molecular formula is C54H40N4. The summed E-state index contributed by atoms with van der Waals surface area (Å²) in [7, 11) is 0. The molecule has 58 heavy (non-hydrogen) atoms. The molecule has 0 N–H and O–H groups in total. The maximum absolute atomic E-state index is 5.16. The number of benzene rings is 7. The molecule has 0 saturated carbocycles. The summed E-state index contributed by atoms with van der Waals surface area (Å²) in [6.07, 6.45) is 7.00. The summed E-state index contributed by atoms with van der Waals surface area (Å²) in [5.41, 5.74) is 16.0. The molecule has 2 aliphatic rings. The molecule has 9 aromatic rings. The minimum absolute atomic E-state index is 0.172. The average Bonchev–Trinajstić information content (AvgIpc) is 3.58. The summed E-state index contributed by atoms with van der Waals surface area (Å²) in [5, 5.41) is 1.25. The first kappa shape index (κ1) is 34.0. The third-order valence-electron chi connectivity index (χ3n) is 11.8. The molecule has 0 spiro atoms. The van der Waals surface area contributed by atoms with E-state index in [-0.39, 0.29) is 12.0 Å². The summed E-state index contributed by atoms with van der Waals surface area (Å²) in [6, 6.07) is 69.8. The van der Waals surface area contributed by atoms with Crippen molar-refractivity contribution in [3.8, 4) is 61.8 Å². The van der Waals surface area contributed by atoms with Crippen molar-refractivity contribution in [1.82, 2.24) is 14.5 Å². The van der Waals surface area contributed by atoms with Gasteiger partial charge in [0.2, 0.25) is 0 Å². The van der Waals surface area contributed by atoms with Crippen LogP contribution in [0.25, 0.3) is 72.7 Å². The van der Waals surface area contributed by atoms with Crippen molar-refractivity contribution in [2.45, 2.75) is 24.8 Å². The largest absolute Gasteiger partial charge is 0.337 e. The predicted molar refractivity (Wildman–Crippen MR) is 240 cm³/mol. The zero-order valence-electron chi connectivity index (χ0n) is 32.0. The van der Waals surface area contributed by atoms with Gasteiger partial charge in [-0.2, -0.15) is 0 Å². The van der Waals surface area contributed by atoms with Gasteiger partial charge in [-0.25, -0.2) is 9.97 Å². The minimum atomic E-state index is 0.172. The van der Waals surface area contributed by atoms with Crippen LogP contribution in [0.3, 0.4) is 0 Å². The molecule has 0 amide bonds. The highest BCUT2D eigenvalue weighted by molar-refractivity contribution is 6.05. The van der Waals surface area contributed by atoms with E-state index in [0.29, 0.717) is 5.82 Å². The van der Waals surface area contributed by atoms with Gasteiger partial charge >= 0.3 is 0 Å². The molecule has 0 fully saturated rings. The van der Waals surface area contributed by atoms with E-state index in [1.165, 1.54) is 50.3 Å². The predicted octanol–water partition coefficient (Wildman–Crippen LogP) is 13.7. The monoisotopic (exact) mass is 744 g/mol. The molecule has 276 valence electrons. The van der Waals surface area contributed by atoms with Crippen molar-refractivity contribution in [2.24, 2.45) is 0 Å². The second-order valence-electron chi connectivity index (χ2n) is 15.3. The van der Waals surface area contributed by atoms with Crippen LogP contribution in [0.15, 0.2) is 206 Å². The molecule has 1 aliphatic carbocycles. The van der Waals surface area contributed by atoms with Crippen LogP contribution in [0.5, 0.6) is 0 Å². The number of rotatable bonds is 6. The molecule has 0 bridgehead atoms. The van der Waals surface area contributed by atoms with Gasteiger partial charge in [-0.05, 0) is 78.6 Å². The Morgan fingerprint density at radius 3 is 1.84 bits per heavy atom. The fourth-order valence-electron chi connectivity index (χ4n) is 9.24. The van der Waals surface area contributed by atoms with Crippen LogP contribution in [-0.2, 0) is 0 Å². The lowest BCUT2D eigenvalue weighted by Gasteiger charge is -2.38. The smallest absolute Gasteiger partial charge is 0.160 e. The zero-order chi connectivity index (χ0) is 38.4. The molecule has 3 heterocycles. The van der Waals surface area contributed by atoms with Gasteiger partial charge in [0.05, 0.1) is 16.9 Å². The first-order valence-corrected chi connectivity index (χ1v) is 20.2. The summed E-state index contributed by atoms with van der Waals surface area (Å²) in [5.74, 6) is 0.887. The number of allylic oxidation sites excluding steroid dienone is 1. The van der Waals surface area contributed by atoms with Crippen molar-refractivity contribution < 1.29 is 0 Å². The fourth-order valence-corrected chi connectivity index (χ4v) is 9.24. The van der Waals surface area contributed by atoms with E-state index in [1.807, 2.05) is 24.3 Å². The van der Waals surface area contributed by atoms with Crippen LogP contribution in [0.4, 0.5) is 11.4 Å². The molecular weight excluding hydrogens is 705 g/mol. The molecule has 0 radical (unpaired) electrons. The normalized spacial score (nSPS) is 15.7. The van der Waals surface area contributed by atoms with Crippen LogP contribution in [0, 0.1) is 0 Å². The van der Waals surface area contributed by atoms with Gasteiger partial charge in [-0.15, -0.1) is 0 Å². The van der Waals surface area contributed by atoms with E-state index in [2.05, 4.69) is 191 Å². The number of hydrogen-bond donors (Lipinski definition) is 0. The van der Waals surface area contributed by atoms with E-state index < -0.39 is 0 Å². The number of fused-ring (bicyclic) bond motifs is 7. The van der Waals surface area contributed by atoms with Gasteiger partial charge in [0.15, 0.2) is 5.82 Å². The van der Waals surface area contributed by atoms with Crippen LogP contribution < -0.4 is 4.90 Å². The minimum Gasteiger partial charge on any atom is -0.337 e. The van der Waals surface area contributed by atoms with Gasteiger partial charge in [0, 0.05) is 67.9 Å². The average molecular weight is 745 g/mol. The van der Waals surface area contributed by atoms with Crippen LogP contribution in [-0.4, -0.2) is 20.6 Å².